The summed E-state index contributed by atoms with van der Waals surface area (Å²) < 4.78 is 5.21. The topological polar surface area (TPSA) is 21.3 Å². The SMILES string of the molecule is C=CC(C)NC1CCOC1. The lowest BCUT2D eigenvalue weighted by atomic mass is 10.2. The Labute approximate surface area is 62.3 Å². The summed E-state index contributed by atoms with van der Waals surface area (Å²) in [6.07, 6.45) is 3.05. The van der Waals surface area contributed by atoms with E-state index in [2.05, 4.69) is 18.8 Å². The van der Waals surface area contributed by atoms with Crippen molar-refractivity contribution in [3.05, 3.63) is 12.7 Å². The molecule has 0 amide bonds. The second-order valence-electron chi connectivity index (χ2n) is 2.75. The Morgan fingerprint density at radius 2 is 2.60 bits per heavy atom. The number of nitrogens with one attached hydrogen (secondary N) is 1. The zero-order valence-corrected chi connectivity index (χ0v) is 6.47. The van der Waals surface area contributed by atoms with Crippen LogP contribution in [-0.2, 0) is 4.74 Å². The molecule has 0 bridgehead atoms. The second-order valence-corrected chi connectivity index (χ2v) is 2.75. The van der Waals surface area contributed by atoms with Gasteiger partial charge >= 0.3 is 0 Å². The molecule has 0 saturated carbocycles. The van der Waals surface area contributed by atoms with Crippen LogP contribution >= 0.6 is 0 Å². The zero-order valence-electron chi connectivity index (χ0n) is 6.47. The van der Waals surface area contributed by atoms with Crippen LogP contribution in [0.4, 0.5) is 0 Å². The predicted octanol–water partition coefficient (Wildman–Crippen LogP) is 0.939. The maximum absolute atomic E-state index is 5.21. The molecule has 2 unspecified atom stereocenters. The Morgan fingerprint density at radius 1 is 1.80 bits per heavy atom. The fourth-order valence-electron chi connectivity index (χ4n) is 1.11. The monoisotopic (exact) mass is 141 g/mol. The van der Waals surface area contributed by atoms with E-state index in [0.29, 0.717) is 12.1 Å². The highest BCUT2D eigenvalue weighted by Gasteiger charge is 2.15. The van der Waals surface area contributed by atoms with Crippen LogP contribution in [0.2, 0.25) is 0 Å². The number of hydrogen-bond donors (Lipinski definition) is 1. The van der Waals surface area contributed by atoms with Gasteiger partial charge in [-0.1, -0.05) is 6.08 Å². The van der Waals surface area contributed by atoms with Gasteiger partial charge in [0.15, 0.2) is 0 Å². The summed E-state index contributed by atoms with van der Waals surface area (Å²) in [6.45, 7) is 7.57. The molecule has 10 heavy (non-hydrogen) atoms. The predicted molar refractivity (Wildman–Crippen MR) is 42.0 cm³/mol. The van der Waals surface area contributed by atoms with E-state index in [1.807, 2.05) is 6.08 Å². The average molecular weight is 141 g/mol. The number of hydrogen-bond acceptors (Lipinski definition) is 2. The molecule has 1 N–H and O–H groups in total. The lowest BCUT2D eigenvalue weighted by Gasteiger charge is -2.13. The van der Waals surface area contributed by atoms with Gasteiger partial charge in [-0.05, 0) is 13.3 Å². The summed E-state index contributed by atoms with van der Waals surface area (Å²) >= 11 is 0. The molecule has 1 fully saturated rings. The van der Waals surface area contributed by atoms with Crippen LogP contribution < -0.4 is 5.32 Å². The van der Waals surface area contributed by atoms with E-state index in [1.54, 1.807) is 0 Å². The quantitative estimate of drug-likeness (QED) is 0.591. The van der Waals surface area contributed by atoms with Crippen LogP contribution in [0.3, 0.4) is 0 Å². The van der Waals surface area contributed by atoms with Crippen molar-refractivity contribution < 1.29 is 4.74 Å². The van der Waals surface area contributed by atoms with Gasteiger partial charge in [-0.3, -0.25) is 0 Å². The first-order chi connectivity index (χ1) is 4.83. The summed E-state index contributed by atoms with van der Waals surface area (Å²) in [5.41, 5.74) is 0. The van der Waals surface area contributed by atoms with Crippen molar-refractivity contribution in [2.24, 2.45) is 0 Å². The fourth-order valence-corrected chi connectivity index (χ4v) is 1.11. The van der Waals surface area contributed by atoms with E-state index in [-0.39, 0.29) is 0 Å². The van der Waals surface area contributed by atoms with Crippen LogP contribution in [-0.4, -0.2) is 25.3 Å². The minimum atomic E-state index is 0.409. The maximum atomic E-state index is 5.21. The molecule has 2 heteroatoms. The third-order valence-corrected chi connectivity index (χ3v) is 1.78. The molecule has 58 valence electrons. The summed E-state index contributed by atoms with van der Waals surface area (Å²) in [4.78, 5) is 0. The molecule has 2 nitrogen and oxygen atoms in total. The highest BCUT2D eigenvalue weighted by Crippen LogP contribution is 2.04. The van der Waals surface area contributed by atoms with Crippen molar-refractivity contribution in [1.29, 1.82) is 0 Å². The Hall–Kier alpha value is -0.340. The molecule has 2 atom stereocenters. The molecule has 0 aromatic carbocycles. The smallest absolute Gasteiger partial charge is 0.0620 e. The van der Waals surface area contributed by atoms with Crippen LogP contribution in [0.5, 0.6) is 0 Å². The first-order valence-electron chi connectivity index (χ1n) is 3.79. The maximum Gasteiger partial charge on any atom is 0.0620 e. The summed E-state index contributed by atoms with van der Waals surface area (Å²) in [5.74, 6) is 0. The van der Waals surface area contributed by atoms with E-state index in [0.717, 1.165) is 19.6 Å². The van der Waals surface area contributed by atoms with Gasteiger partial charge in [-0.25, -0.2) is 0 Å². The summed E-state index contributed by atoms with van der Waals surface area (Å²) in [6, 6.07) is 0.958. The zero-order chi connectivity index (χ0) is 7.40. The lowest BCUT2D eigenvalue weighted by molar-refractivity contribution is 0.189. The van der Waals surface area contributed by atoms with Gasteiger partial charge in [0.05, 0.1) is 6.61 Å². The highest BCUT2D eigenvalue weighted by atomic mass is 16.5. The third-order valence-electron chi connectivity index (χ3n) is 1.78. The van der Waals surface area contributed by atoms with Crippen molar-refractivity contribution in [3.63, 3.8) is 0 Å². The molecule has 0 radical (unpaired) electrons. The molecule has 0 spiro atoms. The minimum absolute atomic E-state index is 0.409. The fraction of sp³-hybridized carbons (Fsp3) is 0.750. The van der Waals surface area contributed by atoms with Crippen molar-refractivity contribution in [1.82, 2.24) is 5.32 Å². The van der Waals surface area contributed by atoms with Gasteiger partial charge in [0, 0.05) is 18.7 Å². The first kappa shape index (κ1) is 7.76. The van der Waals surface area contributed by atoms with Gasteiger partial charge in [0.2, 0.25) is 0 Å². The molecule has 1 aliphatic rings. The van der Waals surface area contributed by atoms with E-state index in [9.17, 15) is 0 Å². The number of ether oxygens (including phenoxy) is 1. The Balaban J connectivity index is 2.17. The largest absolute Gasteiger partial charge is 0.380 e. The highest BCUT2D eigenvalue weighted by molar-refractivity contribution is 4.85. The van der Waals surface area contributed by atoms with Crippen LogP contribution in [0, 0.1) is 0 Å². The molecule has 1 saturated heterocycles. The van der Waals surface area contributed by atoms with E-state index >= 15 is 0 Å². The number of rotatable bonds is 3. The Bertz CT molecular complexity index is 108. The van der Waals surface area contributed by atoms with Gasteiger partial charge < -0.3 is 10.1 Å². The van der Waals surface area contributed by atoms with Gasteiger partial charge in [0.25, 0.3) is 0 Å². The molecule has 0 aromatic heterocycles. The Kier molecular flexibility index (Phi) is 2.90. The molecule has 1 aliphatic heterocycles. The van der Waals surface area contributed by atoms with Crippen molar-refractivity contribution in [3.8, 4) is 0 Å². The molecule has 1 rings (SSSR count). The standard InChI is InChI=1S/C8H15NO/c1-3-7(2)9-8-4-5-10-6-8/h3,7-9H,1,4-6H2,2H3. The summed E-state index contributed by atoms with van der Waals surface area (Å²) in [5, 5.41) is 3.39. The van der Waals surface area contributed by atoms with Gasteiger partial charge in [-0.15, -0.1) is 6.58 Å². The minimum Gasteiger partial charge on any atom is -0.380 e. The van der Waals surface area contributed by atoms with Crippen LogP contribution in [0.15, 0.2) is 12.7 Å². The molecular formula is C8H15NO. The average Bonchev–Trinajstić information content (AvgIpc) is 2.40. The van der Waals surface area contributed by atoms with Gasteiger partial charge in [0.1, 0.15) is 0 Å². The summed E-state index contributed by atoms with van der Waals surface area (Å²) in [7, 11) is 0. The molecule has 0 aliphatic carbocycles. The van der Waals surface area contributed by atoms with Crippen molar-refractivity contribution in [2.75, 3.05) is 13.2 Å². The van der Waals surface area contributed by atoms with E-state index < -0.39 is 0 Å². The molecular weight excluding hydrogens is 126 g/mol. The van der Waals surface area contributed by atoms with Crippen LogP contribution in [0.25, 0.3) is 0 Å². The molecule has 0 aromatic rings. The van der Waals surface area contributed by atoms with E-state index in [1.165, 1.54) is 0 Å². The first-order valence-corrected chi connectivity index (χ1v) is 3.79. The second kappa shape index (κ2) is 3.74. The Morgan fingerprint density at radius 3 is 3.10 bits per heavy atom. The van der Waals surface area contributed by atoms with Gasteiger partial charge in [-0.2, -0.15) is 0 Å². The molecule has 1 heterocycles. The van der Waals surface area contributed by atoms with Crippen LogP contribution in [0.1, 0.15) is 13.3 Å². The lowest BCUT2D eigenvalue weighted by Crippen LogP contribution is -2.35. The normalized spacial score (nSPS) is 28.3. The third kappa shape index (κ3) is 2.12. The van der Waals surface area contributed by atoms with E-state index in [4.69, 9.17) is 4.74 Å². The van der Waals surface area contributed by atoms with Crippen molar-refractivity contribution in [2.45, 2.75) is 25.4 Å². The van der Waals surface area contributed by atoms with Crippen molar-refractivity contribution >= 4 is 0 Å².